The molecule has 3 rings (SSSR count). The molecule has 0 aliphatic rings. The highest BCUT2D eigenvalue weighted by Crippen LogP contribution is 2.33. The molecule has 7 heteroatoms. The van der Waals surface area contributed by atoms with Crippen molar-refractivity contribution in [1.29, 1.82) is 0 Å². The van der Waals surface area contributed by atoms with Gasteiger partial charge in [0.25, 0.3) is 5.56 Å². The SMILES string of the molecule is COc1ccc(-c2c3c(=O)n(C)c(=O)n(C)c3cn2C(C)(C)CO)cc1. The average molecular weight is 357 g/mol. The normalized spacial score (nSPS) is 11.9. The summed E-state index contributed by atoms with van der Waals surface area (Å²) in [5, 5.41) is 10.3. The summed E-state index contributed by atoms with van der Waals surface area (Å²) in [4.78, 5) is 25.2. The molecule has 0 radical (unpaired) electrons. The molecule has 0 fully saturated rings. The quantitative estimate of drug-likeness (QED) is 0.766. The van der Waals surface area contributed by atoms with E-state index < -0.39 is 5.54 Å². The molecule has 1 N–H and O–H groups in total. The third-order valence-electron chi connectivity index (χ3n) is 4.84. The Balaban J connectivity index is 2.50. The van der Waals surface area contributed by atoms with Crippen LogP contribution in [0.1, 0.15) is 13.8 Å². The minimum atomic E-state index is -0.657. The smallest absolute Gasteiger partial charge is 0.330 e. The number of aryl methyl sites for hydroxylation is 1. The van der Waals surface area contributed by atoms with E-state index in [0.717, 1.165) is 10.1 Å². The van der Waals surface area contributed by atoms with Crippen LogP contribution in [-0.4, -0.2) is 32.5 Å². The zero-order valence-electron chi connectivity index (χ0n) is 15.6. The topological polar surface area (TPSA) is 78.4 Å². The van der Waals surface area contributed by atoms with Gasteiger partial charge in [-0.25, -0.2) is 4.79 Å². The molecule has 26 heavy (non-hydrogen) atoms. The summed E-state index contributed by atoms with van der Waals surface area (Å²) in [6, 6.07) is 7.36. The summed E-state index contributed by atoms with van der Waals surface area (Å²) in [6.45, 7) is 3.63. The molecular formula is C19H23N3O4. The minimum absolute atomic E-state index is 0.120. The van der Waals surface area contributed by atoms with Crippen LogP contribution in [0.25, 0.3) is 22.2 Å². The summed E-state index contributed by atoms with van der Waals surface area (Å²) in [5.74, 6) is 0.706. The average Bonchev–Trinajstić information content (AvgIpc) is 3.06. The van der Waals surface area contributed by atoms with Crippen molar-refractivity contribution < 1.29 is 9.84 Å². The second-order valence-electron chi connectivity index (χ2n) is 7.01. The Bertz CT molecular complexity index is 1090. The maximum atomic E-state index is 12.9. The van der Waals surface area contributed by atoms with Gasteiger partial charge in [0.15, 0.2) is 0 Å². The Kier molecular flexibility index (Phi) is 4.28. The van der Waals surface area contributed by atoms with Gasteiger partial charge in [0.2, 0.25) is 0 Å². The molecule has 0 saturated heterocycles. The molecule has 1 aromatic carbocycles. The van der Waals surface area contributed by atoms with E-state index in [1.807, 2.05) is 42.7 Å². The molecule has 0 saturated carbocycles. The summed E-state index contributed by atoms with van der Waals surface area (Å²) in [6.07, 6.45) is 1.76. The van der Waals surface area contributed by atoms with E-state index in [-0.39, 0.29) is 17.9 Å². The van der Waals surface area contributed by atoms with Crippen LogP contribution in [-0.2, 0) is 19.6 Å². The van der Waals surface area contributed by atoms with Crippen LogP contribution in [0.5, 0.6) is 5.75 Å². The van der Waals surface area contributed by atoms with Crippen molar-refractivity contribution in [3.05, 3.63) is 51.3 Å². The molecule has 138 valence electrons. The number of ether oxygens (including phenoxy) is 1. The number of aliphatic hydroxyl groups excluding tert-OH is 1. The molecule has 0 aliphatic heterocycles. The van der Waals surface area contributed by atoms with Gasteiger partial charge in [0.1, 0.15) is 5.75 Å². The summed E-state index contributed by atoms with van der Waals surface area (Å²) in [5.41, 5.74) is 0.598. The van der Waals surface area contributed by atoms with Crippen LogP contribution in [0.3, 0.4) is 0 Å². The van der Waals surface area contributed by atoms with Gasteiger partial charge in [-0.05, 0) is 43.7 Å². The van der Waals surface area contributed by atoms with E-state index in [1.165, 1.54) is 11.6 Å². The van der Waals surface area contributed by atoms with E-state index in [9.17, 15) is 14.7 Å². The second kappa shape index (κ2) is 6.17. The van der Waals surface area contributed by atoms with Crippen LogP contribution >= 0.6 is 0 Å². The van der Waals surface area contributed by atoms with E-state index in [0.29, 0.717) is 22.3 Å². The van der Waals surface area contributed by atoms with Crippen molar-refractivity contribution in [1.82, 2.24) is 13.7 Å². The van der Waals surface area contributed by atoms with Crippen LogP contribution < -0.4 is 16.0 Å². The first-order valence-corrected chi connectivity index (χ1v) is 8.29. The van der Waals surface area contributed by atoms with Gasteiger partial charge in [0, 0.05) is 20.3 Å². The molecule has 0 atom stereocenters. The highest BCUT2D eigenvalue weighted by atomic mass is 16.5. The Morgan fingerprint density at radius 3 is 2.23 bits per heavy atom. The van der Waals surface area contributed by atoms with E-state index in [4.69, 9.17) is 4.74 Å². The Labute approximate surface area is 150 Å². The Morgan fingerprint density at radius 2 is 1.69 bits per heavy atom. The van der Waals surface area contributed by atoms with Crippen LogP contribution in [0.2, 0.25) is 0 Å². The first kappa shape index (κ1) is 18.0. The van der Waals surface area contributed by atoms with Gasteiger partial charge in [-0.3, -0.25) is 13.9 Å². The maximum Gasteiger partial charge on any atom is 0.330 e. The molecule has 2 heterocycles. The fourth-order valence-electron chi connectivity index (χ4n) is 3.13. The third kappa shape index (κ3) is 2.55. The monoisotopic (exact) mass is 357 g/mol. The first-order valence-electron chi connectivity index (χ1n) is 8.29. The van der Waals surface area contributed by atoms with Crippen molar-refractivity contribution in [2.24, 2.45) is 14.1 Å². The molecule has 2 aromatic heterocycles. The van der Waals surface area contributed by atoms with Crippen molar-refractivity contribution in [3.63, 3.8) is 0 Å². The van der Waals surface area contributed by atoms with Gasteiger partial charge in [-0.2, -0.15) is 0 Å². The molecule has 0 bridgehead atoms. The molecular weight excluding hydrogens is 334 g/mol. The van der Waals surface area contributed by atoms with Crippen molar-refractivity contribution in [2.75, 3.05) is 13.7 Å². The predicted octanol–water partition coefficient (Wildman–Crippen LogP) is 1.44. The highest BCUT2D eigenvalue weighted by Gasteiger charge is 2.27. The number of nitrogens with zero attached hydrogens (tertiary/aromatic N) is 3. The molecule has 0 amide bonds. The Hall–Kier alpha value is -2.80. The summed E-state index contributed by atoms with van der Waals surface area (Å²) >= 11 is 0. The van der Waals surface area contributed by atoms with E-state index in [2.05, 4.69) is 0 Å². The van der Waals surface area contributed by atoms with Gasteiger partial charge in [-0.15, -0.1) is 0 Å². The largest absolute Gasteiger partial charge is 0.497 e. The zero-order valence-corrected chi connectivity index (χ0v) is 15.6. The number of aliphatic hydroxyl groups is 1. The number of rotatable bonds is 4. The lowest BCUT2D eigenvalue weighted by Gasteiger charge is -2.27. The lowest BCUT2D eigenvalue weighted by atomic mass is 10.0. The lowest BCUT2D eigenvalue weighted by Crippen LogP contribution is -2.36. The lowest BCUT2D eigenvalue weighted by molar-refractivity contribution is 0.166. The van der Waals surface area contributed by atoms with Crippen molar-refractivity contribution in [2.45, 2.75) is 19.4 Å². The fraction of sp³-hybridized carbons (Fsp3) is 0.368. The number of fused-ring (bicyclic) bond motifs is 1. The van der Waals surface area contributed by atoms with Crippen LogP contribution in [0.4, 0.5) is 0 Å². The summed E-state index contributed by atoms with van der Waals surface area (Å²) in [7, 11) is 4.70. The van der Waals surface area contributed by atoms with Gasteiger partial charge in [-0.1, -0.05) is 0 Å². The number of aromatic nitrogens is 3. The first-order chi connectivity index (χ1) is 12.2. The maximum absolute atomic E-state index is 12.9. The highest BCUT2D eigenvalue weighted by molar-refractivity contribution is 5.94. The number of methoxy groups -OCH3 is 1. The number of hydrogen-bond acceptors (Lipinski definition) is 4. The molecule has 0 spiro atoms. The standard InChI is InChI=1S/C19H23N3O4/c1-19(2,11-23)22-10-14-15(17(24)21(4)18(25)20(14)3)16(22)12-6-8-13(26-5)9-7-12/h6-10,23H,11H2,1-5H3. The third-order valence-corrected chi connectivity index (χ3v) is 4.84. The molecule has 0 unspecified atom stereocenters. The number of benzene rings is 1. The van der Waals surface area contributed by atoms with Crippen LogP contribution in [0, 0.1) is 0 Å². The van der Waals surface area contributed by atoms with Crippen molar-refractivity contribution >= 4 is 10.9 Å². The number of hydrogen-bond donors (Lipinski definition) is 1. The van der Waals surface area contributed by atoms with Crippen molar-refractivity contribution in [3.8, 4) is 17.0 Å². The van der Waals surface area contributed by atoms with Crippen LogP contribution in [0.15, 0.2) is 40.1 Å². The van der Waals surface area contributed by atoms with Gasteiger partial charge >= 0.3 is 5.69 Å². The van der Waals surface area contributed by atoms with Gasteiger partial charge < -0.3 is 14.4 Å². The molecule has 0 aliphatic carbocycles. The van der Waals surface area contributed by atoms with E-state index >= 15 is 0 Å². The minimum Gasteiger partial charge on any atom is -0.497 e. The molecule has 3 aromatic rings. The van der Waals surface area contributed by atoms with Gasteiger partial charge in [0.05, 0.1) is 35.9 Å². The predicted molar refractivity (Wildman–Crippen MR) is 101 cm³/mol. The molecule has 7 nitrogen and oxygen atoms in total. The zero-order chi connectivity index (χ0) is 19.2. The second-order valence-corrected chi connectivity index (χ2v) is 7.01. The fourth-order valence-corrected chi connectivity index (χ4v) is 3.13. The van der Waals surface area contributed by atoms with E-state index in [1.54, 1.807) is 20.4 Å². The summed E-state index contributed by atoms with van der Waals surface area (Å²) < 4.78 is 9.63. The Morgan fingerprint density at radius 1 is 1.08 bits per heavy atom.